The van der Waals surface area contributed by atoms with E-state index in [2.05, 4.69) is 0 Å². The first kappa shape index (κ1) is 17.9. The summed E-state index contributed by atoms with van der Waals surface area (Å²) in [6, 6.07) is 7.96. The lowest BCUT2D eigenvalue weighted by molar-refractivity contribution is -0.115. The fraction of sp³-hybridized carbons (Fsp3) is 0.500. The van der Waals surface area contributed by atoms with Crippen LogP contribution >= 0.6 is 0 Å². The van der Waals surface area contributed by atoms with Crippen LogP contribution in [0.25, 0.3) is 0 Å². The molecule has 0 aromatic heterocycles. The molecule has 0 aliphatic rings. The van der Waals surface area contributed by atoms with E-state index in [1.54, 1.807) is 30.3 Å². The molecule has 0 bridgehead atoms. The molecular weight excluding hydrogens is 286 g/mol. The van der Waals surface area contributed by atoms with Crippen LogP contribution in [0.4, 0.5) is 0 Å². The third kappa shape index (κ3) is 4.40. The fourth-order valence-corrected chi connectivity index (χ4v) is 4.71. The van der Waals surface area contributed by atoms with Gasteiger partial charge in [0.15, 0.2) is 9.84 Å². The highest BCUT2D eigenvalue weighted by Crippen LogP contribution is 2.27. The van der Waals surface area contributed by atoms with Crippen molar-refractivity contribution in [1.82, 2.24) is 5.06 Å². The van der Waals surface area contributed by atoms with Gasteiger partial charge in [-0.3, -0.25) is 0 Å². The summed E-state index contributed by atoms with van der Waals surface area (Å²) in [5, 5.41) is 10.2. The monoisotopic (exact) mass is 311 g/mol. The van der Waals surface area contributed by atoms with Crippen LogP contribution < -0.4 is 0 Å². The Morgan fingerprint density at radius 3 is 2.24 bits per heavy atom. The Balaban J connectivity index is 3.30. The summed E-state index contributed by atoms with van der Waals surface area (Å²) in [5.41, 5.74) is 0. The summed E-state index contributed by atoms with van der Waals surface area (Å²) < 4.78 is 25.8. The summed E-state index contributed by atoms with van der Waals surface area (Å²) in [4.78, 5) is 0.298. The molecule has 1 aromatic rings. The molecule has 0 saturated heterocycles. The molecule has 118 valence electrons. The average Bonchev–Trinajstić information content (AvgIpc) is 2.43. The molecule has 0 spiro atoms. The molecule has 4 nitrogen and oxygen atoms in total. The molecular formula is C16H25NO3S. The van der Waals surface area contributed by atoms with E-state index < -0.39 is 21.1 Å². The van der Waals surface area contributed by atoms with E-state index >= 15 is 0 Å². The van der Waals surface area contributed by atoms with E-state index in [1.165, 1.54) is 7.05 Å². The van der Waals surface area contributed by atoms with Crippen LogP contribution in [0.2, 0.25) is 0 Å². The van der Waals surface area contributed by atoms with Gasteiger partial charge in [-0.1, -0.05) is 44.2 Å². The lowest BCUT2D eigenvalue weighted by Crippen LogP contribution is -2.47. The van der Waals surface area contributed by atoms with Crippen molar-refractivity contribution in [3.63, 3.8) is 0 Å². The van der Waals surface area contributed by atoms with Crippen molar-refractivity contribution in [2.45, 2.75) is 43.4 Å². The smallest absolute Gasteiger partial charge is 0.183 e. The molecule has 5 heteroatoms. The van der Waals surface area contributed by atoms with E-state index in [9.17, 15) is 13.6 Å². The Kier molecular flexibility index (Phi) is 6.58. The Morgan fingerprint density at radius 1 is 1.24 bits per heavy atom. The predicted octanol–water partition coefficient (Wildman–Crippen LogP) is 3.14. The highest BCUT2D eigenvalue weighted by atomic mass is 32.2. The van der Waals surface area contributed by atoms with Gasteiger partial charge in [-0.2, -0.15) is 5.06 Å². The average molecular weight is 311 g/mol. The van der Waals surface area contributed by atoms with Crippen molar-refractivity contribution in [2.75, 3.05) is 7.05 Å². The van der Waals surface area contributed by atoms with Gasteiger partial charge < -0.3 is 5.21 Å². The molecule has 1 rings (SSSR count). The van der Waals surface area contributed by atoms with Gasteiger partial charge in [0, 0.05) is 7.05 Å². The molecule has 0 amide bonds. The van der Waals surface area contributed by atoms with Crippen molar-refractivity contribution in [2.24, 2.45) is 5.92 Å². The molecule has 2 atom stereocenters. The number of allylic oxidation sites excluding steroid dienone is 2. The fourth-order valence-electron chi connectivity index (χ4n) is 2.61. The van der Waals surface area contributed by atoms with Gasteiger partial charge in [-0.25, -0.2) is 8.42 Å². The first-order chi connectivity index (χ1) is 9.82. The quantitative estimate of drug-likeness (QED) is 0.621. The molecule has 1 aromatic carbocycles. The van der Waals surface area contributed by atoms with Crippen LogP contribution in [-0.4, -0.2) is 37.0 Å². The first-order valence-corrected chi connectivity index (χ1v) is 8.68. The number of sulfone groups is 1. The third-order valence-corrected chi connectivity index (χ3v) is 5.77. The van der Waals surface area contributed by atoms with Gasteiger partial charge in [0.2, 0.25) is 0 Å². The van der Waals surface area contributed by atoms with E-state index in [0.29, 0.717) is 11.3 Å². The van der Waals surface area contributed by atoms with Crippen molar-refractivity contribution in [3.05, 3.63) is 42.5 Å². The molecule has 0 aliphatic carbocycles. The van der Waals surface area contributed by atoms with Crippen LogP contribution in [0.3, 0.4) is 0 Å². The summed E-state index contributed by atoms with van der Waals surface area (Å²) in [5.74, 6) is 0.00810. The minimum Gasteiger partial charge on any atom is -0.314 e. The zero-order chi connectivity index (χ0) is 16.0. The Labute approximate surface area is 128 Å². The SMILES string of the molecule is C/C=C\C[C@@H]([C@H](C(C)C)N(C)O)S(=O)(=O)c1ccccc1. The maximum Gasteiger partial charge on any atom is 0.183 e. The maximum atomic E-state index is 12.9. The van der Waals surface area contributed by atoms with E-state index in [0.717, 1.165) is 5.06 Å². The van der Waals surface area contributed by atoms with Crippen molar-refractivity contribution >= 4 is 9.84 Å². The van der Waals surface area contributed by atoms with E-state index in [1.807, 2.05) is 32.9 Å². The second kappa shape index (κ2) is 7.73. The van der Waals surface area contributed by atoms with Gasteiger partial charge in [-0.05, 0) is 31.4 Å². The molecule has 0 radical (unpaired) electrons. The van der Waals surface area contributed by atoms with Crippen molar-refractivity contribution in [1.29, 1.82) is 0 Å². The summed E-state index contributed by atoms with van der Waals surface area (Å²) >= 11 is 0. The first-order valence-electron chi connectivity index (χ1n) is 7.14. The van der Waals surface area contributed by atoms with Crippen molar-refractivity contribution < 1.29 is 13.6 Å². The van der Waals surface area contributed by atoms with Crippen molar-refractivity contribution in [3.8, 4) is 0 Å². The molecule has 1 N–H and O–H groups in total. The topological polar surface area (TPSA) is 57.6 Å². The molecule has 0 unspecified atom stereocenters. The molecule has 0 saturated carbocycles. The minimum atomic E-state index is -3.52. The number of nitrogens with zero attached hydrogens (tertiary/aromatic N) is 1. The largest absolute Gasteiger partial charge is 0.314 e. The van der Waals surface area contributed by atoms with Crippen LogP contribution in [0.1, 0.15) is 27.2 Å². The van der Waals surface area contributed by atoms with Crippen LogP contribution in [0.5, 0.6) is 0 Å². The van der Waals surface area contributed by atoms with E-state index in [-0.39, 0.29) is 5.92 Å². The highest BCUT2D eigenvalue weighted by Gasteiger charge is 2.37. The Bertz CT molecular complexity index is 542. The number of hydrogen-bond acceptors (Lipinski definition) is 4. The molecule has 21 heavy (non-hydrogen) atoms. The van der Waals surface area contributed by atoms with Gasteiger partial charge in [0.1, 0.15) is 0 Å². The van der Waals surface area contributed by atoms with Gasteiger partial charge >= 0.3 is 0 Å². The number of hydrogen-bond donors (Lipinski definition) is 1. The molecule has 0 aliphatic heterocycles. The zero-order valence-electron chi connectivity index (χ0n) is 13.1. The second-order valence-electron chi connectivity index (χ2n) is 5.51. The number of rotatable bonds is 7. The minimum absolute atomic E-state index is 0.00810. The van der Waals surface area contributed by atoms with E-state index in [4.69, 9.17) is 0 Å². The van der Waals surface area contributed by atoms with Gasteiger partial charge in [0.25, 0.3) is 0 Å². The normalized spacial score (nSPS) is 15.8. The zero-order valence-corrected chi connectivity index (χ0v) is 13.9. The third-order valence-electron chi connectivity index (χ3n) is 3.57. The number of hydroxylamine groups is 2. The van der Waals surface area contributed by atoms with Gasteiger partial charge in [-0.15, -0.1) is 0 Å². The highest BCUT2D eigenvalue weighted by molar-refractivity contribution is 7.92. The molecule has 0 heterocycles. The second-order valence-corrected chi connectivity index (χ2v) is 7.68. The van der Waals surface area contributed by atoms with Crippen LogP contribution in [0.15, 0.2) is 47.4 Å². The lowest BCUT2D eigenvalue weighted by atomic mass is 9.98. The lowest BCUT2D eigenvalue weighted by Gasteiger charge is -2.33. The van der Waals surface area contributed by atoms with Crippen LogP contribution in [-0.2, 0) is 9.84 Å². The maximum absolute atomic E-state index is 12.9. The predicted molar refractivity (Wildman–Crippen MR) is 85.0 cm³/mol. The summed E-state index contributed by atoms with van der Waals surface area (Å²) in [7, 11) is -2.01. The number of benzene rings is 1. The summed E-state index contributed by atoms with van der Waals surface area (Å²) in [6.45, 7) is 5.69. The Morgan fingerprint density at radius 2 is 1.81 bits per heavy atom. The Hall–Kier alpha value is -1.17. The standard InChI is InChI=1S/C16H25NO3S/c1-5-6-12-15(16(13(2)3)17(4)18)21(19,20)14-10-8-7-9-11-14/h5-11,13,15-16,18H,12H2,1-4H3/b6-5-/t15-,16-/m0/s1. The van der Waals surface area contributed by atoms with Crippen LogP contribution in [0, 0.1) is 5.92 Å². The molecule has 0 fully saturated rings. The van der Waals surface area contributed by atoms with Gasteiger partial charge in [0.05, 0.1) is 16.2 Å². The summed E-state index contributed by atoms with van der Waals surface area (Å²) in [6.07, 6.45) is 4.05.